The van der Waals surface area contributed by atoms with Gasteiger partial charge >= 0.3 is 0 Å². The number of benzene rings is 2. The van der Waals surface area contributed by atoms with Gasteiger partial charge in [0.05, 0.1) is 24.8 Å². The summed E-state index contributed by atoms with van der Waals surface area (Å²) < 4.78 is 21.4. The van der Waals surface area contributed by atoms with Crippen LogP contribution in [0.4, 0.5) is 4.39 Å². The van der Waals surface area contributed by atoms with E-state index in [1.807, 2.05) is 48.7 Å². The molecule has 1 heterocycles. The van der Waals surface area contributed by atoms with E-state index in [1.54, 1.807) is 13.2 Å². The van der Waals surface area contributed by atoms with E-state index in [4.69, 9.17) is 10.00 Å². The van der Waals surface area contributed by atoms with E-state index >= 15 is 0 Å². The largest absolute Gasteiger partial charge is 0.383 e. The maximum atomic E-state index is 14.0. The Morgan fingerprint density at radius 1 is 1.07 bits per heavy atom. The van der Waals surface area contributed by atoms with Crippen molar-refractivity contribution in [2.45, 2.75) is 19.6 Å². The number of nitrogens with zero attached hydrogens (tertiary/aromatic N) is 3. The van der Waals surface area contributed by atoms with Crippen molar-refractivity contribution in [1.82, 2.24) is 9.47 Å². The molecule has 0 aliphatic carbocycles. The predicted molar refractivity (Wildman–Crippen MR) is 107 cm³/mol. The molecule has 0 radical (unpaired) electrons. The Hall–Kier alpha value is -2.94. The van der Waals surface area contributed by atoms with Gasteiger partial charge in [0.2, 0.25) is 0 Å². The first kappa shape index (κ1) is 19.8. The lowest BCUT2D eigenvalue weighted by atomic mass is 10.1. The molecule has 2 aromatic carbocycles. The van der Waals surface area contributed by atoms with Gasteiger partial charge in [-0.2, -0.15) is 5.26 Å². The number of rotatable bonds is 9. The molecule has 3 aromatic rings. The molecule has 28 heavy (non-hydrogen) atoms. The quantitative estimate of drug-likeness (QED) is 0.561. The molecule has 0 saturated carbocycles. The molecule has 1 aromatic heterocycles. The van der Waals surface area contributed by atoms with Crippen LogP contribution in [0.2, 0.25) is 0 Å². The Balaban J connectivity index is 1.75. The Morgan fingerprint density at radius 2 is 1.93 bits per heavy atom. The molecule has 0 unspecified atom stereocenters. The maximum absolute atomic E-state index is 14.0. The van der Waals surface area contributed by atoms with E-state index in [-0.39, 0.29) is 5.82 Å². The zero-order valence-corrected chi connectivity index (χ0v) is 16.0. The van der Waals surface area contributed by atoms with E-state index in [1.165, 1.54) is 6.07 Å². The van der Waals surface area contributed by atoms with Gasteiger partial charge in [0, 0.05) is 44.2 Å². The van der Waals surface area contributed by atoms with Crippen molar-refractivity contribution in [1.29, 1.82) is 5.26 Å². The number of ether oxygens (including phenoxy) is 1. The summed E-state index contributed by atoms with van der Waals surface area (Å²) in [4.78, 5) is 2.27. The first-order valence-electron chi connectivity index (χ1n) is 9.27. The highest BCUT2D eigenvalue weighted by Gasteiger charge is 2.12. The van der Waals surface area contributed by atoms with Crippen LogP contribution in [0.15, 0.2) is 66.9 Å². The topological polar surface area (TPSA) is 41.2 Å². The van der Waals surface area contributed by atoms with E-state index < -0.39 is 0 Å². The second kappa shape index (κ2) is 9.84. The minimum atomic E-state index is -0.188. The van der Waals surface area contributed by atoms with Crippen LogP contribution >= 0.6 is 0 Å². The van der Waals surface area contributed by atoms with Crippen LogP contribution in [0.3, 0.4) is 0 Å². The molecule has 0 aliphatic heterocycles. The summed E-state index contributed by atoms with van der Waals surface area (Å²) >= 11 is 0. The molecule has 3 rings (SSSR count). The van der Waals surface area contributed by atoms with Crippen molar-refractivity contribution in [2.24, 2.45) is 0 Å². The van der Waals surface area contributed by atoms with Gasteiger partial charge in [0.25, 0.3) is 0 Å². The molecule has 0 atom stereocenters. The molecule has 0 fully saturated rings. The third-order valence-electron chi connectivity index (χ3n) is 4.68. The van der Waals surface area contributed by atoms with Crippen LogP contribution in [0.1, 0.15) is 22.4 Å². The average Bonchev–Trinajstić information content (AvgIpc) is 3.14. The van der Waals surface area contributed by atoms with E-state index in [9.17, 15) is 4.39 Å². The van der Waals surface area contributed by atoms with Crippen LogP contribution in [-0.2, 0) is 24.4 Å². The Bertz CT molecular complexity index is 945. The number of hydrogen-bond acceptors (Lipinski definition) is 3. The van der Waals surface area contributed by atoms with Crippen molar-refractivity contribution in [3.63, 3.8) is 0 Å². The summed E-state index contributed by atoms with van der Waals surface area (Å²) in [6.07, 6.45) is 1.98. The zero-order chi connectivity index (χ0) is 19.8. The van der Waals surface area contributed by atoms with Crippen LogP contribution in [0.25, 0.3) is 0 Å². The monoisotopic (exact) mass is 377 g/mol. The third kappa shape index (κ3) is 5.29. The smallest absolute Gasteiger partial charge is 0.128 e. The highest BCUT2D eigenvalue weighted by Crippen LogP contribution is 2.15. The molecule has 144 valence electrons. The second-order valence-electron chi connectivity index (χ2n) is 6.73. The van der Waals surface area contributed by atoms with Gasteiger partial charge in [-0.3, -0.25) is 4.90 Å². The predicted octanol–water partition coefficient (Wildman–Crippen LogP) is 4.20. The van der Waals surface area contributed by atoms with Crippen molar-refractivity contribution in [3.05, 3.63) is 95.1 Å². The van der Waals surface area contributed by atoms with E-state index in [2.05, 4.69) is 21.6 Å². The number of hydrogen-bond donors (Lipinski definition) is 0. The molecule has 0 aliphatic rings. The van der Waals surface area contributed by atoms with Crippen molar-refractivity contribution >= 4 is 0 Å². The molecule has 0 spiro atoms. The summed E-state index contributed by atoms with van der Waals surface area (Å²) in [6.45, 7) is 3.30. The Kier molecular flexibility index (Phi) is 6.96. The van der Waals surface area contributed by atoms with Gasteiger partial charge < -0.3 is 9.30 Å². The minimum absolute atomic E-state index is 0.188. The fourth-order valence-electron chi connectivity index (χ4n) is 3.22. The number of nitriles is 1. The highest BCUT2D eigenvalue weighted by atomic mass is 19.1. The molecular weight excluding hydrogens is 353 g/mol. The van der Waals surface area contributed by atoms with Gasteiger partial charge in [0.15, 0.2) is 0 Å². The van der Waals surface area contributed by atoms with Crippen LogP contribution in [0.5, 0.6) is 0 Å². The summed E-state index contributed by atoms with van der Waals surface area (Å²) in [7, 11) is 1.69. The lowest BCUT2D eigenvalue weighted by molar-refractivity contribution is 0.138. The summed E-state index contributed by atoms with van der Waals surface area (Å²) in [6, 6.07) is 20.8. The van der Waals surface area contributed by atoms with Crippen LogP contribution in [-0.4, -0.2) is 29.7 Å². The third-order valence-corrected chi connectivity index (χ3v) is 4.68. The number of halogens is 1. The molecular formula is C23H24FN3O. The van der Waals surface area contributed by atoms with Gasteiger partial charge in [-0.15, -0.1) is 0 Å². The van der Waals surface area contributed by atoms with Gasteiger partial charge in [-0.05, 0) is 35.9 Å². The Morgan fingerprint density at radius 3 is 2.71 bits per heavy atom. The first-order chi connectivity index (χ1) is 13.7. The number of aromatic nitrogens is 1. The molecule has 0 saturated heterocycles. The summed E-state index contributed by atoms with van der Waals surface area (Å²) in [5, 5.41) is 9.13. The number of methoxy groups -OCH3 is 1. The average molecular weight is 377 g/mol. The SMILES string of the molecule is COCCN(Cc1cccc(C#N)c1)Cc1cccn1Cc1ccccc1F. The van der Waals surface area contributed by atoms with Gasteiger partial charge in [-0.25, -0.2) is 4.39 Å². The summed E-state index contributed by atoms with van der Waals surface area (Å²) in [5.74, 6) is -0.188. The zero-order valence-electron chi connectivity index (χ0n) is 16.0. The second-order valence-corrected chi connectivity index (χ2v) is 6.73. The minimum Gasteiger partial charge on any atom is -0.383 e. The fraction of sp³-hybridized carbons (Fsp3) is 0.261. The van der Waals surface area contributed by atoms with Crippen molar-refractivity contribution in [3.8, 4) is 6.07 Å². The maximum Gasteiger partial charge on any atom is 0.128 e. The molecule has 5 heteroatoms. The van der Waals surface area contributed by atoms with Gasteiger partial charge in [0.1, 0.15) is 5.82 Å². The first-order valence-corrected chi connectivity index (χ1v) is 9.27. The fourth-order valence-corrected chi connectivity index (χ4v) is 3.22. The summed E-state index contributed by atoms with van der Waals surface area (Å²) in [5.41, 5.74) is 3.52. The molecule has 0 bridgehead atoms. The molecule has 0 N–H and O–H groups in total. The lowest BCUT2D eigenvalue weighted by Gasteiger charge is -2.23. The van der Waals surface area contributed by atoms with Crippen molar-refractivity contribution < 1.29 is 9.13 Å². The molecule has 0 amide bonds. The van der Waals surface area contributed by atoms with Crippen LogP contribution < -0.4 is 0 Å². The lowest BCUT2D eigenvalue weighted by Crippen LogP contribution is -2.28. The molecule has 4 nitrogen and oxygen atoms in total. The normalized spacial score (nSPS) is 10.9. The van der Waals surface area contributed by atoms with Gasteiger partial charge in [-0.1, -0.05) is 30.3 Å². The van der Waals surface area contributed by atoms with E-state index in [0.29, 0.717) is 37.4 Å². The standard InChI is InChI=1S/C23H24FN3O/c1-28-13-12-26(16-20-7-4-6-19(14-20)15-25)18-22-9-5-11-27(22)17-21-8-2-3-10-23(21)24/h2-11,14H,12-13,16-18H2,1H3. The Labute approximate surface area is 165 Å². The van der Waals surface area contributed by atoms with Crippen LogP contribution in [0, 0.1) is 17.1 Å². The van der Waals surface area contributed by atoms with E-state index in [0.717, 1.165) is 17.8 Å². The van der Waals surface area contributed by atoms with Crippen molar-refractivity contribution in [2.75, 3.05) is 20.3 Å². The highest BCUT2D eigenvalue weighted by molar-refractivity contribution is 5.32.